The van der Waals surface area contributed by atoms with Gasteiger partial charge >= 0.3 is 0 Å². The Morgan fingerprint density at radius 2 is 2.54 bits per heavy atom. The van der Waals surface area contributed by atoms with E-state index in [9.17, 15) is 0 Å². The van der Waals surface area contributed by atoms with Gasteiger partial charge in [0.1, 0.15) is 17.2 Å². The zero-order chi connectivity index (χ0) is 9.26. The number of nitrogens with zero attached hydrogens (tertiary/aromatic N) is 2. The molecule has 1 aliphatic rings. The zero-order valence-electron chi connectivity index (χ0n) is 7.50. The average Bonchev–Trinajstić information content (AvgIpc) is 2.88. The van der Waals surface area contributed by atoms with Crippen molar-refractivity contribution in [3.05, 3.63) is 17.5 Å². The molecular weight excluding hydrogens is 186 g/mol. The van der Waals surface area contributed by atoms with Crippen molar-refractivity contribution in [2.24, 2.45) is 5.92 Å². The van der Waals surface area contributed by atoms with E-state index in [2.05, 4.69) is 22.2 Å². The predicted octanol–water partition coefficient (Wildman–Crippen LogP) is 2.34. The highest BCUT2D eigenvalue weighted by molar-refractivity contribution is 6.32. The van der Waals surface area contributed by atoms with E-state index in [0.717, 1.165) is 11.7 Å². The summed E-state index contributed by atoms with van der Waals surface area (Å²) in [5, 5.41) is 3.90. The van der Waals surface area contributed by atoms with Crippen LogP contribution in [-0.2, 0) is 0 Å². The van der Waals surface area contributed by atoms with Gasteiger partial charge in [0.05, 0.1) is 6.20 Å². The first-order chi connectivity index (χ1) is 6.31. The molecule has 13 heavy (non-hydrogen) atoms. The quantitative estimate of drug-likeness (QED) is 0.809. The Morgan fingerprint density at radius 3 is 3.15 bits per heavy atom. The van der Waals surface area contributed by atoms with Crippen molar-refractivity contribution in [2.75, 3.05) is 5.32 Å². The van der Waals surface area contributed by atoms with Crippen LogP contribution in [0, 0.1) is 5.92 Å². The lowest BCUT2D eigenvalue weighted by atomic mass is 10.3. The molecule has 0 aliphatic heterocycles. The van der Waals surface area contributed by atoms with Crippen molar-refractivity contribution in [3.63, 3.8) is 0 Å². The van der Waals surface area contributed by atoms with Gasteiger partial charge in [-0.05, 0) is 12.3 Å². The van der Waals surface area contributed by atoms with E-state index in [4.69, 9.17) is 11.6 Å². The Bertz CT molecular complexity index is 303. The summed E-state index contributed by atoms with van der Waals surface area (Å²) in [5.41, 5.74) is 0. The van der Waals surface area contributed by atoms with Crippen LogP contribution in [0.3, 0.4) is 0 Å². The molecule has 2 atom stereocenters. The molecule has 4 heteroatoms. The SMILES string of the molecule is CC[C@@H]1C[C@H]1Nc1ncncc1Cl. The fourth-order valence-electron chi connectivity index (χ4n) is 1.47. The molecule has 1 saturated carbocycles. The van der Waals surface area contributed by atoms with Crippen LogP contribution in [0.4, 0.5) is 5.82 Å². The first kappa shape index (κ1) is 8.75. The van der Waals surface area contributed by atoms with Crippen LogP contribution in [0.1, 0.15) is 19.8 Å². The van der Waals surface area contributed by atoms with Gasteiger partial charge in [-0.3, -0.25) is 0 Å². The lowest BCUT2D eigenvalue weighted by Crippen LogP contribution is -2.06. The minimum absolute atomic E-state index is 0.567. The Kier molecular flexibility index (Phi) is 2.36. The van der Waals surface area contributed by atoms with Crippen LogP contribution >= 0.6 is 11.6 Å². The van der Waals surface area contributed by atoms with Gasteiger partial charge in [0.25, 0.3) is 0 Å². The van der Waals surface area contributed by atoms with Crippen LogP contribution < -0.4 is 5.32 Å². The number of hydrogen-bond acceptors (Lipinski definition) is 3. The molecule has 1 aromatic heterocycles. The molecule has 0 aromatic carbocycles. The first-order valence-electron chi connectivity index (χ1n) is 4.53. The van der Waals surface area contributed by atoms with Gasteiger partial charge < -0.3 is 5.32 Å². The molecule has 0 amide bonds. The average molecular weight is 198 g/mol. The van der Waals surface area contributed by atoms with Crippen molar-refractivity contribution >= 4 is 17.4 Å². The normalized spacial score (nSPS) is 25.7. The number of halogens is 1. The molecule has 2 rings (SSSR count). The Morgan fingerprint density at radius 1 is 1.69 bits per heavy atom. The molecule has 0 spiro atoms. The second kappa shape index (κ2) is 3.50. The van der Waals surface area contributed by atoms with Crippen LogP contribution in [0.15, 0.2) is 12.5 Å². The maximum atomic E-state index is 5.90. The van der Waals surface area contributed by atoms with Gasteiger partial charge in [0.15, 0.2) is 0 Å². The van der Waals surface area contributed by atoms with Gasteiger partial charge in [-0.1, -0.05) is 24.9 Å². The fraction of sp³-hybridized carbons (Fsp3) is 0.556. The van der Waals surface area contributed by atoms with E-state index in [-0.39, 0.29) is 0 Å². The van der Waals surface area contributed by atoms with E-state index in [1.807, 2.05) is 0 Å². The smallest absolute Gasteiger partial charge is 0.148 e. The van der Waals surface area contributed by atoms with Crippen molar-refractivity contribution in [3.8, 4) is 0 Å². The summed E-state index contributed by atoms with van der Waals surface area (Å²) in [6.07, 6.45) is 5.58. The molecule has 0 saturated heterocycles. The highest BCUT2D eigenvalue weighted by atomic mass is 35.5. The molecule has 0 unspecified atom stereocenters. The number of nitrogens with one attached hydrogen (secondary N) is 1. The van der Waals surface area contributed by atoms with E-state index in [1.54, 1.807) is 6.20 Å². The molecule has 0 radical (unpaired) electrons. The topological polar surface area (TPSA) is 37.8 Å². The van der Waals surface area contributed by atoms with Gasteiger partial charge in [0.2, 0.25) is 0 Å². The van der Waals surface area contributed by atoms with Crippen molar-refractivity contribution in [1.82, 2.24) is 9.97 Å². The van der Waals surface area contributed by atoms with Crippen LogP contribution in [0.2, 0.25) is 5.02 Å². The number of aromatic nitrogens is 2. The number of rotatable bonds is 3. The van der Waals surface area contributed by atoms with Crippen molar-refractivity contribution in [2.45, 2.75) is 25.8 Å². The van der Waals surface area contributed by atoms with Crippen molar-refractivity contribution in [1.29, 1.82) is 0 Å². The molecule has 1 aromatic rings. The highest BCUT2D eigenvalue weighted by Crippen LogP contribution is 2.36. The van der Waals surface area contributed by atoms with E-state index in [0.29, 0.717) is 11.1 Å². The first-order valence-corrected chi connectivity index (χ1v) is 4.91. The summed E-state index contributed by atoms with van der Waals surface area (Å²) in [4.78, 5) is 7.90. The fourth-order valence-corrected chi connectivity index (χ4v) is 1.63. The summed E-state index contributed by atoms with van der Waals surface area (Å²) in [6, 6.07) is 0.567. The van der Waals surface area contributed by atoms with E-state index >= 15 is 0 Å². The van der Waals surface area contributed by atoms with E-state index < -0.39 is 0 Å². The monoisotopic (exact) mass is 197 g/mol. The molecule has 1 N–H and O–H groups in total. The number of anilines is 1. The largest absolute Gasteiger partial charge is 0.366 e. The Hall–Kier alpha value is -0.830. The lowest BCUT2D eigenvalue weighted by Gasteiger charge is -2.04. The van der Waals surface area contributed by atoms with Crippen LogP contribution in [0.25, 0.3) is 0 Å². The molecule has 70 valence electrons. The molecule has 1 aliphatic carbocycles. The predicted molar refractivity (Wildman–Crippen MR) is 52.9 cm³/mol. The molecule has 1 heterocycles. The van der Waals surface area contributed by atoms with Crippen molar-refractivity contribution < 1.29 is 0 Å². The molecule has 0 bridgehead atoms. The molecule has 1 fully saturated rings. The maximum Gasteiger partial charge on any atom is 0.148 e. The summed E-state index contributed by atoms with van der Waals surface area (Å²) in [5.74, 6) is 1.56. The zero-order valence-corrected chi connectivity index (χ0v) is 8.25. The molecular formula is C9H12ClN3. The third-order valence-corrected chi connectivity index (χ3v) is 2.71. The van der Waals surface area contributed by atoms with Crippen LogP contribution in [0.5, 0.6) is 0 Å². The van der Waals surface area contributed by atoms with Gasteiger partial charge in [-0.15, -0.1) is 0 Å². The third kappa shape index (κ3) is 1.91. The highest BCUT2D eigenvalue weighted by Gasteiger charge is 2.35. The van der Waals surface area contributed by atoms with Gasteiger partial charge in [0, 0.05) is 6.04 Å². The summed E-state index contributed by atoms with van der Waals surface area (Å²) >= 11 is 5.90. The standard InChI is InChI=1S/C9H12ClN3/c1-2-6-3-8(6)13-9-7(10)4-11-5-12-9/h4-6,8H,2-3H2,1H3,(H,11,12,13)/t6-,8-/m1/s1. The third-order valence-electron chi connectivity index (χ3n) is 2.44. The Balaban J connectivity index is 1.99. The van der Waals surface area contributed by atoms with E-state index in [1.165, 1.54) is 19.2 Å². The number of hydrogen-bond donors (Lipinski definition) is 1. The summed E-state index contributed by atoms with van der Waals surface area (Å²) < 4.78 is 0. The molecule has 3 nitrogen and oxygen atoms in total. The summed E-state index contributed by atoms with van der Waals surface area (Å²) in [6.45, 7) is 2.20. The Labute approximate surface area is 82.5 Å². The van der Waals surface area contributed by atoms with Crippen LogP contribution in [-0.4, -0.2) is 16.0 Å². The summed E-state index contributed by atoms with van der Waals surface area (Å²) in [7, 11) is 0. The second-order valence-corrected chi connectivity index (χ2v) is 3.78. The van der Waals surface area contributed by atoms with Gasteiger partial charge in [-0.2, -0.15) is 0 Å². The minimum atomic E-state index is 0.567. The second-order valence-electron chi connectivity index (χ2n) is 3.37. The minimum Gasteiger partial charge on any atom is -0.366 e. The maximum absolute atomic E-state index is 5.90. The van der Waals surface area contributed by atoms with Gasteiger partial charge in [-0.25, -0.2) is 9.97 Å². The lowest BCUT2D eigenvalue weighted by molar-refractivity contribution is 0.773.